The average molecular weight is 410 g/mol. The van der Waals surface area contributed by atoms with Gasteiger partial charge in [0.1, 0.15) is 12.3 Å². The zero-order chi connectivity index (χ0) is 20.8. The first-order valence-electron chi connectivity index (χ1n) is 10.2. The van der Waals surface area contributed by atoms with Gasteiger partial charge in [0, 0.05) is 29.8 Å². The fraction of sp³-hybridized carbons (Fsp3) is 0.650. The maximum absolute atomic E-state index is 13.4. The van der Waals surface area contributed by atoms with Crippen molar-refractivity contribution in [3.63, 3.8) is 0 Å². The van der Waals surface area contributed by atoms with Crippen molar-refractivity contribution in [2.75, 3.05) is 6.54 Å². The van der Waals surface area contributed by atoms with Gasteiger partial charge in [0.05, 0.1) is 11.7 Å². The molecule has 0 radical (unpaired) electrons. The summed E-state index contributed by atoms with van der Waals surface area (Å²) in [5.74, 6) is 0.558. The van der Waals surface area contributed by atoms with Crippen molar-refractivity contribution >= 4 is 5.91 Å². The molecule has 1 aliphatic heterocycles. The third-order valence-corrected chi connectivity index (χ3v) is 6.02. The Bertz CT molecular complexity index is 916. The number of rotatable bonds is 4. The Morgan fingerprint density at radius 1 is 1.24 bits per heavy atom. The molecule has 1 saturated heterocycles. The summed E-state index contributed by atoms with van der Waals surface area (Å²) in [6, 6.07) is -0.142. The van der Waals surface area contributed by atoms with E-state index in [0.717, 1.165) is 42.7 Å². The number of likely N-dealkylation sites (tertiary alicyclic amines) is 1. The van der Waals surface area contributed by atoms with E-state index in [9.17, 15) is 18.0 Å². The van der Waals surface area contributed by atoms with Crippen molar-refractivity contribution in [2.45, 2.75) is 77.6 Å². The molecule has 6 nitrogen and oxygen atoms in total. The van der Waals surface area contributed by atoms with Crippen LogP contribution in [0.15, 0.2) is 4.52 Å². The molecule has 158 valence electrons. The van der Waals surface area contributed by atoms with E-state index in [1.807, 2.05) is 13.8 Å². The van der Waals surface area contributed by atoms with Gasteiger partial charge in [-0.2, -0.15) is 18.3 Å². The monoisotopic (exact) mass is 410 g/mol. The molecule has 29 heavy (non-hydrogen) atoms. The number of hydrogen-bond donors (Lipinski definition) is 0. The molecule has 0 N–H and O–H groups in total. The van der Waals surface area contributed by atoms with Crippen LogP contribution in [-0.2, 0) is 36.8 Å². The number of halogens is 3. The fourth-order valence-corrected chi connectivity index (χ4v) is 4.72. The van der Waals surface area contributed by atoms with Crippen molar-refractivity contribution in [3.05, 3.63) is 34.0 Å². The minimum absolute atomic E-state index is 0.142. The van der Waals surface area contributed by atoms with Crippen molar-refractivity contribution in [3.8, 4) is 0 Å². The smallest absolute Gasteiger partial charge is 0.361 e. The Morgan fingerprint density at radius 2 is 2.00 bits per heavy atom. The topological polar surface area (TPSA) is 64.2 Å². The molecule has 0 saturated carbocycles. The lowest BCUT2D eigenvalue weighted by atomic mass is 9.95. The number of carbonyl (C=O) groups excluding carboxylic acids is 1. The average Bonchev–Trinajstić information content (AvgIpc) is 3.38. The second kappa shape index (κ2) is 7.50. The molecular weight excluding hydrogens is 385 g/mol. The van der Waals surface area contributed by atoms with Gasteiger partial charge in [-0.15, -0.1) is 0 Å². The van der Waals surface area contributed by atoms with Gasteiger partial charge in [-0.25, -0.2) is 0 Å². The number of hydrogen-bond acceptors (Lipinski definition) is 4. The SMILES string of the molecule is CCc1onc(C)c1C1CCCN1C(=O)Cn1nc(C(F)(F)F)c2c1CCCC2. The fourth-order valence-electron chi connectivity index (χ4n) is 4.72. The number of alkyl halides is 3. The second-order valence-electron chi connectivity index (χ2n) is 7.84. The van der Waals surface area contributed by atoms with E-state index >= 15 is 0 Å². The van der Waals surface area contributed by atoms with Crippen LogP contribution in [0.5, 0.6) is 0 Å². The molecule has 1 aliphatic carbocycles. The zero-order valence-electron chi connectivity index (χ0n) is 16.7. The van der Waals surface area contributed by atoms with E-state index in [2.05, 4.69) is 10.3 Å². The summed E-state index contributed by atoms with van der Waals surface area (Å²) in [4.78, 5) is 14.9. The Morgan fingerprint density at radius 3 is 2.72 bits per heavy atom. The first-order valence-corrected chi connectivity index (χ1v) is 10.2. The van der Waals surface area contributed by atoms with Crippen LogP contribution in [-0.4, -0.2) is 32.3 Å². The first kappa shape index (κ1) is 20.0. The van der Waals surface area contributed by atoms with E-state index in [0.29, 0.717) is 31.5 Å². The normalized spacial score (nSPS) is 19.6. The molecule has 2 aliphatic rings. The summed E-state index contributed by atoms with van der Waals surface area (Å²) in [7, 11) is 0. The number of nitrogens with zero attached hydrogens (tertiary/aromatic N) is 4. The summed E-state index contributed by atoms with van der Waals surface area (Å²) in [6.07, 6.45) is 0.246. The molecule has 1 fully saturated rings. The molecular formula is C20H25F3N4O2. The minimum Gasteiger partial charge on any atom is -0.361 e. The van der Waals surface area contributed by atoms with E-state index < -0.39 is 11.9 Å². The van der Waals surface area contributed by atoms with Gasteiger partial charge < -0.3 is 9.42 Å². The van der Waals surface area contributed by atoms with Crippen LogP contribution in [0.4, 0.5) is 13.2 Å². The summed E-state index contributed by atoms with van der Waals surface area (Å²) in [5.41, 5.74) is 1.70. The lowest BCUT2D eigenvalue weighted by molar-refractivity contribution is -0.142. The Kier molecular flexibility index (Phi) is 5.16. The zero-order valence-corrected chi connectivity index (χ0v) is 16.7. The van der Waals surface area contributed by atoms with Crippen molar-refractivity contribution in [1.29, 1.82) is 0 Å². The molecule has 0 aromatic carbocycles. The second-order valence-corrected chi connectivity index (χ2v) is 7.84. The van der Waals surface area contributed by atoms with Gasteiger partial charge in [0.15, 0.2) is 5.69 Å². The van der Waals surface area contributed by atoms with Crippen LogP contribution in [0.2, 0.25) is 0 Å². The van der Waals surface area contributed by atoms with E-state index in [1.54, 1.807) is 4.90 Å². The van der Waals surface area contributed by atoms with Crippen LogP contribution < -0.4 is 0 Å². The summed E-state index contributed by atoms with van der Waals surface area (Å²) >= 11 is 0. The van der Waals surface area contributed by atoms with E-state index in [4.69, 9.17) is 4.52 Å². The van der Waals surface area contributed by atoms with Crippen LogP contribution in [0, 0.1) is 6.92 Å². The summed E-state index contributed by atoms with van der Waals surface area (Å²) in [5, 5.41) is 7.87. The van der Waals surface area contributed by atoms with Gasteiger partial charge in [-0.3, -0.25) is 9.48 Å². The number of aryl methyl sites for hydroxylation is 2. The maximum Gasteiger partial charge on any atom is 0.435 e. The predicted octanol–water partition coefficient (Wildman–Crippen LogP) is 4.00. The standard InChI is InChI=1S/C20H25F3N4O2/c1-3-16-18(12(2)25-29-16)15-9-6-10-26(15)17(28)11-27-14-8-5-4-7-13(14)19(24-27)20(21,22)23/h15H,3-11H2,1-2H3. The highest BCUT2D eigenvalue weighted by atomic mass is 19.4. The molecule has 1 atom stereocenters. The Hall–Kier alpha value is -2.32. The highest BCUT2D eigenvalue weighted by molar-refractivity contribution is 5.77. The Labute approximate surface area is 167 Å². The van der Waals surface area contributed by atoms with Gasteiger partial charge in [0.25, 0.3) is 0 Å². The molecule has 2 aromatic rings. The third kappa shape index (κ3) is 3.55. The third-order valence-electron chi connectivity index (χ3n) is 6.02. The molecule has 9 heteroatoms. The molecule has 1 amide bonds. The van der Waals surface area contributed by atoms with Crippen LogP contribution >= 0.6 is 0 Å². The molecule has 0 bridgehead atoms. The van der Waals surface area contributed by atoms with E-state index in [-0.39, 0.29) is 24.1 Å². The molecule has 4 rings (SSSR count). The van der Waals surface area contributed by atoms with Crippen LogP contribution in [0.3, 0.4) is 0 Å². The quantitative estimate of drug-likeness (QED) is 0.764. The van der Waals surface area contributed by atoms with Gasteiger partial charge in [-0.1, -0.05) is 12.1 Å². The highest BCUT2D eigenvalue weighted by Gasteiger charge is 2.40. The number of carbonyl (C=O) groups is 1. The van der Waals surface area contributed by atoms with Crippen molar-refractivity contribution in [1.82, 2.24) is 19.8 Å². The predicted molar refractivity (Wildman–Crippen MR) is 98.2 cm³/mol. The van der Waals surface area contributed by atoms with Gasteiger partial charge in [-0.05, 0) is 45.4 Å². The van der Waals surface area contributed by atoms with Crippen molar-refractivity contribution in [2.24, 2.45) is 0 Å². The van der Waals surface area contributed by atoms with Crippen LogP contribution in [0.25, 0.3) is 0 Å². The molecule has 1 unspecified atom stereocenters. The van der Waals surface area contributed by atoms with Crippen molar-refractivity contribution < 1.29 is 22.5 Å². The highest BCUT2D eigenvalue weighted by Crippen LogP contribution is 2.38. The number of fused-ring (bicyclic) bond motifs is 1. The molecule has 2 aromatic heterocycles. The lowest BCUT2D eigenvalue weighted by Crippen LogP contribution is -2.34. The largest absolute Gasteiger partial charge is 0.435 e. The maximum atomic E-state index is 13.4. The minimum atomic E-state index is -4.50. The first-order chi connectivity index (χ1) is 13.8. The Balaban J connectivity index is 1.61. The van der Waals surface area contributed by atoms with Gasteiger partial charge in [0.2, 0.25) is 5.91 Å². The number of aromatic nitrogens is 3. The summed E-state index contributed by atoms with van der Waals surface area (Å²) < 4.78 is 46.9. The van der Waals surface area contributed by atoms with E-state index in [1.165, 1.54) is 4.68 Å². The molecule has 0 spiro atoms. The molecule has 3 heterocycles. The summed E-state index contributed by atoms with van der Waals surface area (Å²) in [6.45, 7) is 4.24. The van der Waals surface area contributed by atoms with Gasteiger partial charge >= 0.3 is 6.18 Å². The number of amides is 1. The van der Waals surface area contributed by atoms with Crippen LogP contribution in [0.1, 0.15) is 72.6 Å². The lowest BCUT2D eigenvalue weighted by Gasteiger charge is -2.25.